The molecular formula is C10H20N4S. The van der Waals surface area contributed by atoms with Gasteiger partial charge in [-0.3, -0.25) is 0 Å². The van der Waals surface area contributed by atoms with Crippen molar-refractivity contribution in [3.8, 4) is 0 Å². The zero-order valence-corrected chi connectivity index (χ0v) is 10.5. The Bertz CT molecular complexity index is 271. The van der Waals surface area contributed by atoms with Crippen LogP contribution < -0.4 is 10.6 Å². The molecule has 2 N–H and O–H groups in total. The van der Waals surface area contributed by atoms with Crippen molar-refractivity contribution in [1.82, 2.24) is 9.36 Å². The fraction of sp³-hybridized carbons (Fsp3) is 0.800. The molecule has 15 heavy (non-hydrogen) atoms. The third-order valence-electron chi connectivity index (χ3n) is 2.29. The highest BCUT2D eigenvalue weighted by molar-refractivity contribution is 7.09. The summed E-state index contributed by atoms with van der Waals surface area (Å²) < 4.78 is 4.04. The van der Waals surface area contributed by atoms with Gasteiger partial charge in [0.2, 0.25) is 5.13 Å². The average molecular weight is 228 g/mol. The Labute approximate surface area is 95.7 Å². The number of nitrogens with zero attached hydrogens (tertiary/aromatic N) is 3. The molecule has 0 unspecified atom stereocenters. The lowest BCUT2D eigenvalue weighted by molar-refractivity contribution is 0.377. The number of hydrogen-bond acceptors (Lipinski definition) is 5. The van der Waals surface area contributed by atoms with Crippen LogP contribution in [0.3, 0.4) is 0 Å². The second-order valence-electron chi connectivity index (χ2n) is 4.51. The van der Waals surface area contributed by atoms with E-state index in [2.05, 4.69) is 35.0 Å². The van der Waals surface area contributed by atoms with Crippen molar-refractivity contribution in [2.75, 3.05) is 24.5 Å². The van der Waals surface area contributed by atoms with Crippen LogP contribution in [-0.4, -0.2) is 29.0 Å². The van der Waals surface area contributed by atoms with Crippen molar-refractivity contribution in [2.24, 2.45) is 11.1 Å². The van der Waals surface area contributed by atoms with Crippen LogP contribution in [0.5, 0.6) is 0 Å². The standard InChI is InChI=1S/C10H20N4S/c1-4-5-14(7-10(2,3)6-11)9-12-8-13-15-9/h8H,4-7,11H2,1-3H3. The van der Waals surface area contributed by atoms with Crippen LogP contribution in [0.4, 0.5) is 5.13 Å². The maximum absolute atomic E-state index is 5.74. The Kier molecular flexibility index (Phi) is 4.47. The fourth-order valence-electron chi connectivity index (χ4n) is 1.40. The first-order chi connectivity index (χ1) is 7.09. The fourth-order valence-corrected chi connectivity index (χ4v) is 1.95. The van der Waals surface area contributed by atoms with Gasteiger partial charge in [0.1, 0.15) is 6.33 Å². The predicted octanol–water partition coefficient (Wildman–Crippen LogP) is 1.74. The van der Waals surface area contributed by atoms with Crippen molar-refractivity contribution in [3.05, 3.63) is 6.33 Å². The molecular weight excluding hydrogens is 208 g/mol. The first-order valence-corrected chi connectivity index (χ1v) is 6.08. The van der Waals surface area contributed by atoms with Gasteiger partial charge in [-0.05, 0) is 18.4 Å². The first kappa shape index (κ1) is 12.4. The van der Waals surface area contributed by atoms with Crippen LogP contribution in [0.1, 0.15) is 27.2 Å². The van der Waals surface area contributed by atoms with Crippen molar-refractivity contribution in [2.45, 2.75) is 27.2 Å². The van der Waals surface area contributed by atoms with E-state index in [1.165, 1.54) is 11.5 Å². The zero-order valence-electron chi connectivity index (χ0n) is 9.73. The minimum absolute atomic E-state index is 0.126. The quantitative estimate of drug-likeness (QED) is 0.806. The van der Waals surface area contributed by atoms with E-state index in [9.17, 15) is 0 Å². The van der Waals surface area contributed by atoms with Gasteiger partial charge in [0.05, 0.1) is 0 Å². The summed E-state index contributed by atoms with van der Waals surface area (Å²) in [5.74, 6) is 0. The molecule has 0 aliphatic heterocycles. The lowest BCUT2D eigenvalue weighted by atomic mass is 9.93. The molecule has 0 aromatic carbocycles. The van der Waals surface area contributed by atoms with E-state index < -0.39 is 0 Å². The number of rotatable bonds is 6. The van der Waals surface area contributed by atoms with Gasteiger partial charge < -0.3 is 10.6 Å². The summed E-state index contributed by atoms with van der Waals surface area (Å²) in [6, 6.07) is 0. The van der Waals surface area contributed by atoms with E-state index in [1.54, 1.807) is 6.33 Å². The van der Waals surface area contributed by atoms with Crippen LogP contribution in [-0.2, 0) is 0 Å². The van der Waals surface area contributed by atoms with Crippen molar-refractivity contribution in [1.29, 1.82) is 0 Å². The van der Waals surface area contributed by atoms with Crippen LogP contribution >= 0.6 is 11.5 Å². The van der Waals surface area contributed by atoms with Gasteiger partial charge in [-0.15, -0.1) is 0 Å². The van der Waals surface area contributed by atoms with Crippen LogP contribution in [0, 0.1) is 5.41 Å². The number of hydrogen-bond donors (Lipinski definition) is 1. The normalized spacial score (nSPS) is 11.7. The molecule has 0 spiro atoms. The third kappa shape index (κ3) is 3.76. The molecule has 0 saturated carbocycles. The molecule has 1 aromatic heterocycles. The highest BCUT2D eigenvalue weighted by atomic mass is 32.1. The van der Waals surface area contributed by atoms with Gasteiger partial charge in [-0.25, -0.2) is 4.98 Å². The van der Waals surface area contributed by atoms with Crippen molar-refractivity contribution < 1.29 is 0 Å². The molecule has 0 atom stereocenters. The summed E-state index contributed by atoms with van der Waals surface area (Å²) in [5, 5.41) is 0.998. The molecule has 1 aromatic rings. The summed E-state index contributed by atoms with van der Waals surface area (Å²) in [5.41, 5.74) is 5.87. The summed E-state index contributed by atoms with van der Waals surface area (Å²) in [6.07, 6.45) is 2.72. The lowest BCUT2D eigenvalue weighted by Crippen LogP contribution is -2.39. The molecule has 0 radical (unpaired) electrons. The average Bonchev–Trinajstić information content (AvgIpc) is 2.70. The van der Waals surface area contributed by atoms with E-state index in [0.717, 1.165) is 24.6 Å². The van der Waals surface area contributed by atoms with E-state index in [-0.39, 0.29) is 5.41 Å². The molecule has 0 saturated heterocycles. The van der Waals surface area contributed by atoms with E-state index in [0.29, 0.717) is 6.54 Å². The number of aromatic nitrogens is 2. The first-order valence-electron chi connectivity index (χ1n) is 5.31. The molecule has 5 heteroatoms. The highest BCUT2D eigenvalue weighted by Gasteiger charge is 2.21. The minimum atomic E-state index is 0.126. The smallest absolute Gasteiger partial charge is 0.204 e. The Hall–Kier alpha value is -0.680. The SMILES string of the molecule is CCCN(CC(C)(C)CN)c1ncns1. The Balaban J connectivity index is 2.67. The monoisotopic (exact) mass is 228 g/mol. The lowest BCUT2D eigenvalue weighted by Gasteiger charge is -2.31. The second-order valence-corrected chi connectivity index (χ2v) is 5.27. The predicted molar refractivity (Wildman–Crippen MR) is 65.2 cm³/mol. The van der Waals surface area contributed by atoms with E-state index in [1.807, 2.05) is 0 Å². The second kappa shape index (κ2) is 5.42. The molecule has 0 amide bonds. The largest absolute Gasteiger partial charge is 0.346 e. The summed E-state index contributed by atoms with van der Waals surface area (Å²) in [7, 11) is 0. The third-order valence-corrected chi connectivity index (χ3v) is 3.01. The van der Waals surface area contributed by atoms with Gasteiger partial charge in [0.25, 0.3) is 0 Å². The topological polar surface area (TPSA) is 55.0 Å². The van der Waals surface area contributed by atoms with Crippen molar-refractivity contribution >= 4 is 16.7 Å². The zero-order chi connectivity index (χ0) is 11.3. The maximum Gasteiger partial charge on any atom is 0.204 e. The Morgan fingerprint density at radius 3 is 2.73 bits per heavy atom. The molecule has 0 aliphatic carbocycles. The molecule has 0 bridgehead atoms. The van der Waals surface area contributed by atoms with Crippen LogP contribution in [0.2, 0.25) is 0 Å². The molecule has 4 nitrogen and oxygen atoms in total. The number of nitrogens with two attached hydrogens (primary N) is 1. The Morgan fingerprint density at radius 1 is 1.53 bits per heavy atom. The van der Waals surface area contributed by atoms with Crippen molar-refractivity contribution in [3.63, 3.8) is 0 Å². The minimum Gasteiger partial charge on any atom is -0.346 e. The van der Waals surface area contributed by atoms with E-state index in [4.69, 9.17) is 5.73 Å². The van der Waals surface area contributed by atoms with Gasteiger partial charge in [0.15, 0.2) is 0 Å². The Morgan fingerprint density at radius 2 is 2.27 bits per heavy atom. The van der Waals surface area contributed by atoms with Crippen LogP contribution in [0.25, 0.3) is 0 Å². The van der Waals surface area contributed by atoms with Crippen LogP contribution in [0.15, 0.2) is 6.33 Å². The molecule has 86 valence electrons. The summed E-state index contributed by atoms with van der Waals surface area (Å²) >= 11 is 1.45. The van der Waals surface area contributed by atoms with Gasteiger partial charge in [0, 0.05) is 24.6 Å². The summed E-state index contributed by atoms with van der Waals surface area (Å²) in [6.45, 7) is 9.16. The molecule has 1 rings (SSSR count). The maximum atomic E-state index is 5.74. The molecule has 0 fully saturated rings. The van der Waals surface area contributed by atoms with Gasteiger partial charge in [-0.1, -0.05) is 20.8 Å². The van der Waals surface area contributed by atoms with Gasteiger partial charge in [-0.2, -0.15) is 4.37 Å². The molecule has 1 heterocycles. The van der Waals surface area contributed by atoms with Gasteiger partial charge >= 0.3 is 0 Å². The highest BCUT2D eigenvalue weighted by Crippen LogP contribution is 2.21. The van der Waals surface area contributed by atoms with E-state index >= 15 is 0 Å². The molecule has 0 aliphatic rings. The number of anilines is 1. The summed E-state index contributed by atoms with van der Waals surface area (Å²) in [4.78, 5) is 6.51.